The van der Waals surface area contributed by atoms with E-state index < -0.39 is 20.1 Å². The lowest BCUT2D eigenvalue weighted by Crippen LogP contribution is -2.12. The van der Waals surface area contributed by atoms with Crippen molar-refractivity contribution in [2.75, 3.05) is 5.32 Å². The molecule has 2 aromatic rings. The number of halogens is 1. The van der Waals surface area contributed by atoms with Crippen LogP contribution in [0.25, 0.3) is 0 Å². The summed E-state index contributed by atoms with van der Waals surface area (Å²) in [5.41, 5.74) is 0.401. The van der Waals surface area contributed by atoms with Crippen LogP contribution in [0, 0.1) is 0 Å². The van der Waals surface area contributed by atoms with E-state index in [1.54, 1.807) is 30.3 Å². The van der Waals surface area contributed by atoms with Crippen LogP contribution in [0.3, 0.4) is 0 Å². The van der Waals surface area contributed by atoms with Gasteiger partial charge < -0.3 is 0 Å². The fourth-order valence-corrected chi connectivity index (χ4v) is 1.73. The Morgan fingerprint density at radius 2 is 1.94 bits per heavy atom. The molecule has 94 valence electrons. The van der Waals surface area contributed by atoms with Crippen LogP contribution in [-0.4, -0.2) is 29.5 Å². The maximum Gasteiger partial charge on any atom is 0.296 e. The van der Waals surface area contributed by atoms with E-state index in [9.17, 15) is 13.2 Å². The first-order valence-corrected chi connectivity index (χ1v) is 7.01. The highest BCUT2D eigenvalue weighted by Crippen LogP contribution is 2.11. The normalized spacial score (nSPS) is 11.2. The summed E-state index contributed by atoms with van der Waals surface area (Å²) in [4.78, 5) is 15.2. The monoisotopic (exact) mass is 286 g/mol. The minimum absolute atomic E-state index is 0.164. The van der Waals surface area contributed by atoms with E-state index in [4.69, 9.17) is 10.7 Å². The third kappa shape index (κ3) is 2.84. The molecule has 1 aromatic carbocycles. The minimum atomic E-state index is -3.99. The molecule has 0 atom stereocenters. The number of H-pyrrole nitrogens is 1. The molecule has 2 rings (SSSR count). The summed E-state index contributed by atoms with van der Waals surface area (Å²) in [7, 11) is 1.06. The van der Waals surface area contributed by atoms with E-state index in [0.29, 0.717) is 5.56 Å². The maximum atomic E-state index is 11.7. The molecule has 7 nitrogen and oxygen atoms in total. The zero-order chi connectivity index (χ0) is 13.2. The summed E-state index contributed by atoms with van der Waals surface area (Å²) >= 11 is 0. The molecule has 0 saturated carbocycles. The van der Waals surface area contributed by atoms with Crippen molar-refractivity contribution in [2.45, 2.75) is 5.16 Å². The molecule has 2 N–H and O–H groups in total. The van der Waals surface area contributed by atoms with Crippen LogP contribution in [0.1, 0.15) is 10.4 Å². The Labute approximate surface area is 107 Å². The molecule has 0 bridgehead atoms. The van der Waals surface area contributed by atoms with Gasteiger partial charge in [0.05, 0.1) is 0 Å². The summed E-state index contributed by atoms with van der Waals surface area (Å²) in [6, 6.07) is 8.35. The van der Waals surface area contributed by atoms with Gasteiger partial charge in [-0.3, -0.25) is 10.1 Å². The topological polar surface area (TPSA) is 105 Å². The van der Waals surface area contributed by atoms with Crippen molar-refractivity contribution in [1.29, 1.82) is 0 Å². The van der Waals surface area contributed by atoms with Crippen LogP contribution in [-0.2, 0) is 9.05 Å². The summed E-state index contributed by atoms with van der Waals surface area (Å²) in [6.07, 6.45) is 0. The third-order valence-electron chi connectivity index (χ3n) is 1.96. The van der Waals surface area contributed by atoms with Gasteiger partial charge in [-0.15, -0.1) is 5.10 Å². The summed E-state index contributed by atoms with van der Waals surface area (Å²) in [6.45, 7) is 0. The first-order chi connectivity index (χ1) is 8.47. The number of rotatable bonds is 3. The maximum absolute atomic E-state index is 11.7. The molecule has 9 heteroatoms. The molecule has 1 amide bonds. The lowest BCUT2D eigenvalue weighted by molar-refractivity contribution is 0.102. The van der Waals surface area contributed by atoms with Crippen molar-refractivity contribution in [3.05, 3.63) is 35.9 Å². The Balaban J connectivity index is 2.16. The van der Waals surface area contributed by atoms with Crippen LogP contribution in [0.4, 0.5) is 5.95 Å². The van der Waals surface area contributed by atoms with Gasteiger partial charge in [0, 0.05) is 16.2 Å². The number of carbonyl (C=O) groups excluding carboxylic acids is 1. The van der Waals surface area contributed by atoms with Crippen LogP contribution in [0.15, 0.2) is 35.5 Å². The summed E-state index contributed by atoms with van der Waals surface area (Å²) < 4.78 is 21.8. The molecule has 0 spiro atoms. The fourth-order valence-electron chi connectivity index (χ4n) is 1.18. The van der Waals surface area contributed by atoms with Crippen LogP contribution >= 0.6 is 10.7 Å². The van der Waals surface area contributed by atoms with Gasteiger partial charge in [-0.1, -0.05) is 18.2 Å². The average molecular weight is 287 g/mol. The number of hydrogen-bond donors (Lipinski definition) is 2. The molecule has 0 aliphatic rings. The number of nitrogens with zero attached hydrogens (tertiary/aromatic N) is 2. The van der Waals surface area contributed by atoms with E-state index >= 15 is 0 Å². The molecule has 0 radical (unpaired) electrons. The van der Waals surface area contributed by atoms with Gasteiger partial charge in [-0.25, -0.2) is 13.5 Å². The first-order valence-electron chi connectivity index (χ1n) is 4.70. The van der Waals surface area contributed by atoms with Crippen molar-refractivity contribution in [3.63, 3.8) is 0 Å². The number of carbonyl (C=O) groups is 1. The molecule has 1 heterocycles. The van der Waals surface area contributed by atoms with Crippen LogP contribution in [0.5, 0.6) is 0 Å². The number of aromatic nitrogens is 3. The van der Waals surface area contributed by atoms with Gasteiger partial charge in [-0.2, -0.15) is 4.98 Å². The molecular formula is C9H7ClN4O3S. The number of nitrogens with one attached hydrogen (secondary N) is 2. The molecule has 0 aliphatic carbocycles. The van der Waals surface area contributed by atoms with E-state index in [1.165, 1.54) is 0 Å². The first kappa shape index (κ1) is 12.5. The van der Waals surface area contributed by atoms with E-state index in [0.717, 1.165) is 0 Å². The zero-order valence-corrected chi connectivity index (χ0v) is 10.4. The van der Waals surface area contributed by atoms with Gasteiger partial charge in [0.15, 0.2) is 0 Å². The predicted molar refractivity (Wildman–Crippen MR) is 63.8 cm³/mol. The fraction of sp³-hybridized carbons (Fsp3) is 0. The highest BCUT2D eigenvalue weighted by Gasteiger charge is 2.17. The lowest BCUT2D eigenvalue weighted by atomic mass is 10.2. The van der Waals surface area contributed by atoms with Crippen molar-refractivity contribution < 1.29 is 13.2 Å². The smallest absolute Gasteiger partial charge is 0.289 e. The zero-order valence-electron chi connectivity index (χ0n) is 8.79. The van der Waals surface area contributed by atoms with Gasteiger partial charge in [0.1, 0.15) is 0 Å². The highest BCUT2D eigenvalue weighted by atomic mass is 35.7. The molecule has 0 unspecified atom stereocenters. The van der Waals surface area contributed by atoms with E-state index in [2.05, 4.69) is 20.5 Å². The van der Waals surface area contributed by atoms with Crippen molar-refractivity contribution in [3.8, 4) is 0 Å². The number of aromatic amines is 1. The lowest BCUT2D eigenvalue weighted by Gasteiger charge is -1.99. The Morgan fingerprint density at radius 1 is 1.28 bits per heavy atom. The second kappa shape index (κ2) is 4.75. The van der Waals surface area contributed by atoms with Crippen molar-refractivity contribution in [1.82, 2.24) is 15.2 Å². The molecule has 0 saturated heterocycles. The predicted octanol–water partition coefficient (Wildman–Crippen LogP) is 0.984. The molecule has 0 fully saturated rings. The van der Waals surface area contributed by atoms with Crippen molar-refractivity contribution >= 4 is 31.6 Å². The SMILES string of the molecule is O=C(Nc1n[nH]c(S(=O)(=O)Cl)n1)c1ccccc1. The van der Waals surface area contributed by atoms with E-state index in [-0.39, 0.29) is 5.95 Å². The Kier molecular flexibility index (Phi) is 3.30. The summed E-state index contributed by atoms with van der Waals surface area (Å²) in [5.74, 6) is -0.615. The Hall–Kier alpha value is -1.93. The van der Waals surface area contributed by atoms with Gasteiger partial charge in [-0.05, 0) is 12.1 Å². The van der Waals surface area contributed by atoms with Crippen LogP contribution < -0.4 is 5.32 Å². The minimum Gasteiger partial charge on any atom is -0.289 e. The average Bonchev–Trinajstić information content (AvgIpc) is 2.78. The second-order valence-electron chi connectivity index (χ2n) is 3.22. The third-order valence-corrected chi connectivity index (χ3v) is 3.04. The van der Waals surface area contributed by atoms with Gasteiger partial charge in [0.25, 0.3) is 20.1 Å². The number of hydrogen-bond acceptors (Lipinski definition) is 5. The quantitative estimate of drug-likeness (QED) is 0.819. The van der Waals surface area contributed by atoms with Gasteiger partial charge in [0.2, 0.25) is 5.95 Å². The largest absolute Gasteiger partial charge is 0.296 e. The Bertz CT molecular complexity index is 668. The Morgan fingerprint density at radius 3 is 2.50 bits per heavy atom. The molecular weight excluding hydrogens is 280 g/mol. The van der Waals surface area contributed by atoms with E-state index in [1.807, 2.05) is 0 Å². The molecule has 1 aromatic heterocycles. The highest BCUT2D eigenvalue weighted by molar-refractivity contribution is 8.13. The van der Waals surface area contributed by atoms with Crippen molar-refractivity contribution in [2.24, 2.45) is 0 Å². The molecule has 18 heavy (non-hydrogen) atoms. The molecule has 0 aliphatic heterocycles. The number of benzene rings is 1. The summed E-state index contributed by atoms with van der Waals surface area (Å²) in [5, 5.41) is 7.44. The second-order valence-corrected chi connectivity index (χ2v) is 5.70. The number of amides is 1. The van der Waals surface area contributed by atoms with Gasteiger partial charge >= 0.3 is 0 Å². The van der Waals surface area contributed by atoms with Crippen LogP contribution in [0.2, 0.25) is 0 Å². The standard InChI is InChI=1S/C9H7ClN4O3S/c10-18(16,17)9-12-8(13-14-9)11-7(15)6-4-2-1-3-5-6/h1-5H,(H2,11,12,13,14,15). The number of anilines is 1.